The summed E-state index contributed by atoms with van der Waals surface area (Å²) < 4.78 is 7.95. The van der Waals surface area contributed by atoms with Crippen molar-refractivity contribution in [2.24, 2.45) is 7.05 Å². The van der Waals surface area contributed by atoms with Gasteiger partial charge in [-0.05, 0) is 26.3 Å². The van der Waals surface area contributed by atoms with Crippen molar-refractivity contribution < 1.29 is 9.53 Å². The molecule has 1 aromatic heterocycles. The maximum absolute atomic E-state index is 12.9. The number of likely N-dealkylation sites (N-methyl/N-ethyl adjacent to an activating group) is 1. The molecule has 1 aromatic carbocycles. The number of hydrogen-bond acceptors (Lipinski definition) is 3. The van der Waals surface area contributed by atoms with Gasteiger partial charge in [0.05, 0.1) is 12.1 Å². The smallest absolute Gasteiger partial charge is 0.256 e. The third kappa shape index (κ3) is 4.66. The number of nitrogens with zero attached hydrogens (tertiary/aromatic N) is 3. The zero-order chi connectivity index (χ0) is 17.0. The molecule has 5 heteroatoms. The minimum absolute atomic E-state index is 0.0749. The second kappa shape index (κ2) is 6.96. The fourth-order valence-electron chi connectivity index (χ4n) is 2.28. The van der Waals surface area contributed by atoms with Crippen molar-refractivity contribution >= 4 is 5.91 Å². The first kappa shape index (κ1) is 17.2. The van der Waals surface area contributed by atoms with Crippen molar-refractivity contribution in [2.75, 3.05) is 7.05 Å². The van der Waals surface area contributed by atoms with Crippen LogP contribution in [0.5, 0.6) is 0 Å². The Kier molecular flexibility index (Phi) is 5.21. The Labute approximate surface area is 137 Å². The van der Waals surface area contributed by atoms with Gasteiger partial charge in [-0.1, -0.05) is 30.3 Å². The van der Waals surface area contributed by atoms with Crippen molar-refractivity contribution in [2.45, 2.75) is 39.0 Å². The number of carbonyl (C=O) groups excluding carboxylic acids is 1. The lowest BCUT2D eigenvalue weighted by atomic mass is 10.1. The number of aryl methyl sites for hydroxylation is 1. The van der Waals surface area contributed by atoms with E-state index in [0.717, 1.165) is 11.4 Å². The van der Waals surface area contributed by atoms with Gasteiger partial charge in [0, 0.05) is 26.5 Å². The van der Waals surface area contributed by atoms with Crippen molar-refractivity contribution in [3.05, 3.63) is 54.1 Å². The van der Waals surface area contributed by atoms with E-state index in [1.165, 1.54) is 0 Å². The van der Waals surface area contributed by atoms with E-state index in [-0.39, 0.29) is 5.91 Å². The highest BCUT2D eigenvalue weighted by Crippen LogP contribution is 2.26. The van der Waals surface area contributed by atoms with Gasteiger partial charge >= 0.3 is 0 Å². The molecule has 1 heterocycles. The molecule has 0 fully saturated rings. The first-order valence-corrected chi connectivity index (χ1v) is 7.72. The molecule has 0 spiro atoms. The monoisotopic (exact) mass is 315 g/mol. The van der Waals surface area contributed by atoms with Crippen LogP contribution in [0.4, 0.5) is 0 Å². The number of carbonyl (C=O) groups is 1. The van der Waals surface area contributed by atoms with E-state index in [2.05, 4.69) is 4.98 Å². The molecule has 0 saturated heterocycles. The van der Waals surface area contributed by atoms with E-state index in [1.807, 2.05) is 68.9 Å². The Morgan fingerprint density at radius 2 is 1.96 bits per heavy atom. The number of aromatic nitrogens is 2. The van der Waals surface area contributed by atoms with Gasteiger partial charge < -0.3 is 14.2 Å². The molecule has 0 aliphatic carbocycles. The van der Waals surface area contributed by atoms with Crippen LogP contribution in [0.25, 0.3) is 0 Å². The summed E-state index contributed by atoms with van der Waals surface area (Å²) in [6.45, 7) is 6.30. The third-order valence-corrected chi connectivity index (χ3v) is 3.47. The second-order valence-corrected chi connectivity index (χ2v) is 6.67. The Morgan fingerprint density at radius 1 is 1.30 bits per heavy atom. The third-order valence-electron chi connectivity index (χ3n) is 3.47. The predicted octanol–water partition coefficient (Wildman–Crippen LogP) is 2.93. The van der Waals surface area contributed by atoms with E-state index in [1.54, 1.807) is 18.1 Å². The number of rotatable bonds is 5. The first-order chi connectivity index (χ1) is 10.8. The highest BCUT2D eigenvalue weighted by molar-refractivity contribution is 5.82. The van der Waals surface area contributed by atoms with Gasteiger partial charge in [-0.25, -0.2) is 4.98 Å². The van der Waals surface area contributed by atoms with Gasteiger partial charge in [-0.2, -0.15) is 0 Å². The molecule has 1 amide bonds. The van der Waals surface area contributed by atoms with Crippen LogP contribution in [-0.4, -0.2) is 33.0 Å². The molecule has 23 heavy (non-hydrogen) atoms. The van der Waals surface area contributed by atoms with Crippen molar-refractivity contribution in [3.8, 4) is 0 Å². The average Bonchev–Trinajstić information content (AvgIpc) is 2.89. The first-order valence-electron chi connectivity index (χ1n) is 7.72. The van der Waals surface area contributed by atoms with E-state index in [4.69, 9.17) is 4.74 Å². The quantitative estimate of drug-likeness (QED) is 0.852. The number of benzene rings is 1. The standard InChI is InChI=1S/C18H25N3O2/c1-18(2,3)23-16(14-9-7-6-8-10-14)17(22)21(5)13-15-19-11-12-20(15)4/h6-12,16H,13H2,1-5H3. The predicted molar refractivity (Wildman–Crippen MR) is 89.7 cm³/mol. The molecular weight excluding hydrogens is 290 g/mol. The summed E-state index contributed by atoms with van der Waals surface area (Å²) in [4.78, 5) is 18.9. The Hall–Kier alpha value is -2.14. The van der Waals surface area contributed by atoms with Crippen molar-refractivity contribution in [3.63, 3.8) is 0 Å². The molecule has 2 rings (SSSR count). The SMILES string of the molecule is CN(Cc1nccn1C)C(=O)C(OC(C)(C)C)c1ccccc1. The lowest BCUT2D eigenvalue weighted by Crippen LogP contribution is -2.36. The maximum atomic E-state index is 12.9. The van der Waals surface area contributed by atoms with E-state index in [0.29, 0.717) is 6.54 Å². The average molecular weight is 315 g/mol. The molecule has 0 N–H and O–H groups in total. The summed E-state index contributed by atoms with van der Waals surface area (Å²) in [7, 11) is 3.69. The van der Waals surface area contributed by atoms with Gasteiger partial charge in [-0.3, -0.25) is 4.79 Å². The normalized spacial score (nSPS) is 12.9. The lowest BCUT2D eigenvalue weighted by Gasteiger charge is -2.30. The fourth-order valence-corrected chi connectivity index (χ4v) is 2.28. The molecule has 0 bridgehead atoms. The zero-order valence-electron chi connectivity index (χ0n) is 14.5. The summed E-state index contributed by atoms with van der Waals surface area (Å²) in [5, 5.41) is 0. The summed E-state index contributed by atoms with van der Waals surface area (Å²) in [5.41, 5.74) is 0.444. The molecule has 0 aliphatic heterocycles. The topological polar surface area (TPSA) is 47.4 Å². The Balaban J connectivity index is 2.20. The van der Waals surface area contributed by atoms with Crippen LogP contribution >= 0.6 is 0 Å². The number of ether oxygens (including phenoxy) is 1. The summed E-state index contributed by atoms with van der Waals surface area (Å²) in [5.74, 6) is 0.762. The number of imidazole rings is 1. The molecule has 2 aromatic rings. The highest BCUT2D eigenvalue weighted by Gasteiger charge is 2.29. The van der Waals surface area contributed by atoms with Crippen molar-refractivity contribution in [1.29, 1.82) is 0 Å². The maximum Gasteiger partial charge on any atom is 0.256 e. The van der Waals surface area contributed by atoms with Crippen LogP contribution in [-0.2, 0) is 23.1 Å². The number of amides is 1. The van der Waals surface area contributed by atoms with Gasteiger partial charge in [0.25, 0.3) is 5.91 Å². The lowest BCUT2D eigenvalue weighted by molar-refractivity contribution is -0.153. The van der Waals surface area contributed by atoms with Gasteiger partial charge in [-0.15, -0.1) is 0 Å². The van der Waals surface area contributed by atoms with Crippen LogP contribution in [0.2, 0.25) is 0 Å². The minimum atomic E-state index is -0.624. The van der Waals surface area contributed by atoms with E-state index >= 15 is 0 Å². The van der Waals surface area contributed by atoms with E-state index < -0.39 is 11.7 Å². The fraction of sp³-hybridized carbons (Fsp3) is 0.444. The van der Waals surface area contributed by atoms with E-state index in [9.17, 15) is 4.79 Å². The van der Waals surface area contributed by atoms with Gasteiger partial charge in [0.1, 0.15) is 5.82 Å². The summed E-state index contributed by atoms with van der Waals surface area (Å²) in [6, 6.07) is 9.60. The van der Waals surface area contributed by atoms with Gasteiger partial charge in [0.15, 0.2) is 6.10 Å². The number of hydrogen-bond donors (Lipinski definition) is 0. The van der Waals surface area contributed by atoms with Crippen LogP contribution in [0.3, 0.4) is 0 Å². The van der Waals surface area contributed by atoms with Crippen LogP contribution in [0, 0.1) is 0 Å². The molecule has 0 saturated carbocycles. The highest BCUT2D eigenvalue weighted by atomic mass is 16.5. The molecule has 1 atom stereocenters. The molecule has 1 unspecified atom stereocenters. The van der Waals surface area contributed by atoms with Crippen LogP contribution in [0.15, 0.2) is 42.7 Å². The van der Waals surface area contributed by atoms with Gasteiger partial charge in [0.2, 0.25) is 0 Å². The molecule has 0 radical (unpaired) electrons. The zero-order valence-corrected chi connectivity index (χ0v) is 14.5. The Bertz CT molecular complexity index is 644. The van der Waals surface area contributed by atoms with Crippen LogP contribution in [0.1, 0.15) is 38.3 Å². The molecule has 5 nitrogen and oxygen atoms in total. The van der Waals surface area contributed by atoms with Crippen molar-refractivity contribution in [1.82, 2.24) is 14.5 Å². The Morgan fingerprint density at radius 3 is 2.48 bits per heavy atom. The van der Waals surface area contributed by atoms with Crippen LogP contribution < -0.4 is 0 Å². The minimum Gasteiger partial charge on any atom is -0.358 e. The molecular formula is C18H25N3O2. The molecule has 0 aliphatic rings. The summed E-state index contributed by atoms with van der Waals surface area (Å²) in [6.07, 6.45) is 2.98. The molecule has 124 valence electrons. The summed E-state index contributed by atoms with van der Waals surface area (Å²) >= 11 is 0. The second-order valence-electron chi connectivity index (χ2n) is 6.67. The largest absolute Gasteiger partial charge is 0.358 e.